The van der Waals surface area contributed by atoms with Crippen LogP contribution in [0.3, 0.4) is 0 Å². The van der Waals surface area contributed by atoms with Gasteiger partial charge in [-0.15, -0.1) is 11.3 Å². The molecule has 1 aromatic heterocycles. The van der Waals surface area contributed by atoms with Gasteiger partial charge in [0.2, 0.25) is 0 Å². The first-order chi connectivity index (χ1) is 9.41. The molecule has 0 aliphatic carbocycles. The minimum Gasteiger partial charge on any atom is -0.477 e. The third-order valence-corrected chi connectivity index (χ3v) is 8.50. The summed E-state index contributed by atoms with van der Waals surface area (Å²) >= 11 is 7.08. The van der Waals surface area contributed by atoms with E-state index in [0.717, 1.165) is 11.3 Å². The zero-order valence-corrected chi connectivity index (χ0v) is 14.5. The molecule has 1 aliphatic heterocycles. The second-order valence-corrected chi connectivity index (χ2v) is 9.83. The van der Waals surface area contributed by atoms with Crippen LogP contribution >= 0.6 is 22.9 Å². The summed E-state index contributed by atoms with van der Waals surface area (Å²) in [5, 5.41) is 9.28. The van der Waals surface area contributed by atoms with Crippen molar-refractivity contribution in [2.75, 3.05) is 5.75 Å². The predicted molar refractivity (Wildman–Crippen MR) is 84.6 cm³/mol. The highest BCUT2D eigenvalue weighted by Crippen LogP contribution is 2.43. The van der Waals surface area contributed by atoms with Gasteiger partial charge in [-0.25, -0.2) is 13.2 Å². The normalized spacial score (nSPS) is 27.2. The average Bonchev–Trinajstić information content (AvgIpc) is 2.69. The Morgan fingerprint density at radius 2 is 2.00 bits per heavy atom. The quantitative estimate of drug-likeness (QED) is 0.889. The Kier molecular flexibility index (Phi) is 3.75. The maximum Gasteiger partial charge on any atom is 0.345 e. The SMILES string of the molecule is CC1=NC(C)(c2sc(C(=O)O)cc2Cl)CS(=O)(=O)C1(C)C. The second kappa shape index (κ2) is 4.79. The van der Waals surface area contributed by atoms with Gasteiger partial charge in [0.15, 0.2) is 9.84 Å². The molecule has 1 aromatic rings. The van der Waals surface area contributed by atoms with Crippen LogP contribution in [0.2, 0.25) is 5.02 Å². The number of sulfone groups is 1. The molecule has 0 fully saturated rings. The Morgan fingerprint density at radius 1 is 1.43 bits per heavy atom. The topological polar surface area (TPSA) is 83.8 Å². The summed E-state index contributed by atoms with van der Waals surface area (Å²) in [4.78, 5) is 16.1. The van der Waals surface area contributed by atoms with Gasteiger partial charge in [0.05, 0.1) is 15.7 Å². The van der Waals surface area contributed by atoms with Gasteiger partial charge in [0.25, 0.3) is 0 Å². The Labute approximate surface area is 132 Å². The maximum absolute atomic E-state index is 12.5. The molecule has 0 bridgehead atoms. The first-order valence-electron chi connectivity index (χ1n) is 6.23. The summed E-state index contributed by atoms with van der Waals surface area (Å²) in [5.74, 6) is -1.28. The van der Waals surface area contributed by atoms with Crippen LogP contribution in [-0.4, -0.2) is 35.7 Å². The van der Waals surface area contributed by atoms with Gasteiger partial charge in [0.1, 0.15) is 15.2 Å². The molecule has 0 saturated carbocycles. The number of carboxylic acids is 1. The van der Waals surface area contributed by atoms with E-state index in [9.17, 15) is 13.2 Å². The second-order valence-electron chi connectivity index (χ2n) is 5.83. The van der Waals surface area contributed by atoms with E-state index >= 15 is 0 Å². The lowest BCUT2D eigenvalue weighted by Crippen LogP contribution is -2.50. The van der Waals surface area contributed by atoms with Crippen molar-refractivity contribution in [2.45, 2.75) is 38.0 Å². The van der Waals surface area contributed by atoms with Gasteiger partial charge < -0.3 is 5.11 Å². The number of aliphatic imine (C=N–C) groups is 1. The summed E-state index contributed by atoms with van der Waals surface area (Å²) in [5.41, 5.74) is -0.550. The maximum atomic E-state index is 12.5. The van der Waals surface area contributed by atoms with Crippen molar-refractivity contribution < 1.29 is 18.3 Å². The molecule has 0 aromatic carbocycles. The van der Waals surface area contributed by atoms with Crippen molar-refractivity contribution >= 4 is 44.5 Å². The molecule has 0 saturated heterocycles. The monoisotopic (exact) mass is 349 g/mol. The summed E-state index contributed by atoms with van der Waals surface area (Å²) in [7, 11) is -3.42. The van der Waals surface area contributed by atoms with Crippen molar-refractivity contribution in [3.8, 4) is 0 Å². The van der Waals surface area contributed by atoms with Gasteiger partial charge in [-0.3, -0.25) is 4.99 Å². The van der Waals surface area contributed by atoms with Crippen molar-refractivity contribution in [1.29, 1.82) is 0 Å². The molecule has 21 heavy (non-hydrogen) atoms. The fourth-order valence-corrected chi connectivity index (χ4v) is 5.64. The molecular weight excluding hydrogens is 334 g/mol. The highest BCUT2D eigenvalue weighted by molar-refractivity contribution is 7.93. The number of carboxylic acid groups (broad SMARTS) is 1. The van der Waals surface area contributed by atoms with Crippen molar-refractivity contribution in [3.63, 3.8) is 0 Å². The molecule has 1 unspecified atom stereocenters. The van der Waals surface area contributed by atoms with E-state index in [0.29, 0.717) is 10.6 Å². The fourth-order valence-electron chi connectivity index (χ4n) is 2.27. The van der Waals surface area contributed by atoms with E-state index < -0.39 is 26.1 Å². The third kappa shape index (κ3) is 2.51. The van der Waals surface area contributed by atoms with Crippen LogP contribution in [0.5, 0.6) is 0 Å². The van der Waals surface area contributed by atoms with E-state index in [1.165, 1.54) is 6.07 Å². The Morgan fingerprint density at radius 3 is 2.43 bits per heavy atom. The molecule has 2 rings (SSSR count). The first kappa shape index (κ1) is 16.5. The molecule has 116 valence electrons. The molecule has 1 aliphatic rings. The van der Waals surface area contributed by atoms with Crippen molar-refractivity contribution in [3.05, 3.63) is 20.8 Å². The summed E-state index contributed by atoms with van der Waals surface area (Å²) in [6.45, 7) is 6.60. The minimum absolute atomic E-state index is 0.0753. The number of carbonyl (C=O) groups is 1. The van der Waals surface area contributed by atoms with Crippen molar-refractivity contribution in [1.82, 2.24) is 0 Å². The van der Waals surface area contributed by atoms with E-state index in [1.54, 1.807) is 27.7 Å². The van der Waals surface area contributed by atoms with Gasteiger partial charge in [0, 0.05) is 5.71 Å². The molecule has 1 N–H and O–H groups in total. The van der Waals surface area contributed by atoms with Crippen molar-refractivity contribution in [2.24, 2.45) is 4.99 Å². The summed E-state index contributed by atoms with van der Waals surface area (Å²) in [6.07, 6.45) is 0. The van der Waals surface area contributed by atoms with Gasteiger partial charge in [-0.1, -0.05) is 11.6 Å². The predicted octanol–water partition coefficient (Wildman–Crippen LogP) is 2.98. The molecule has 5 nitrogen and oxygen atoms in total. The smallest absolute Gasteiger partial charge is 0.345 e. The van der Waals surface area contributed by atoms with Crippen LogP contribution in [0.1, 0.15) is 42.2 Å². The zero-order chi connectivity index (χ0) is 16.2. The average molecular weight is 350 g/mol. The lowest BCUT2D eigenvalue weighted by atomic mass is 10.0. The molecule has 0 spiro atoms. The number of halogens is 1. The highest BCUT2D eigenvalue weighted by Gasteiger charge is 2.49. The number of hydrogen-bond donors (Lipinski definition) is 1. The summed E-state index contributed by atoms with van der Waals surface area (Å²) < 4.78 is 24.0. The van der Waals surface area contributed by atoms with E-state index in [4.69, 9.17) is 16.7 Å². The molecule has 0 radical (unpaired) electrons. The standard InChI is InChI=1S/C13H16ClNO4S2/c1-7-12(2,3)21(18,19)6-13(4,15-7)10-8(14)5-9(20-10)11(16)17/h5H,6H2,1-4H3,(H,16,17). The van der Waals surface area contributed by atoms with Gasteiger partial charge >= 0.3 is 5.97 Å². The largest absolute Gasteiger partial charge is 0.477 e. The molecule has 1 atom stereocenters. The Hall–Kier alpha value is -0.920. The number of nitrogens with zero attached hydrogens (tertiary/aromatic N) is 1. The summed E-state index contributed by atoms with van der Waals surface area (Å²) in [6, 6.07) is 1.34. The van der Waals surface area contributed by atoms with Gasteiger partial charge in [-0.05, 0) is 33.8 Å². The number of hydrogen-bond acceptors (Lipinski definition) is 5. The van der Waals surface area contributed by atoms with Crippen LogP contribution < -0.4 is 0 Å². The van der Waals surface area contributed by atoms with Crippen LogP contribution in [0.4, 0.5) is 0 Å². The first-order valence-corrected chi connectivity index (χ1v) is 9.08. The molecule has 2 heterocycles. The number of thiophene rings is 1. The number of rotatable bonds is 2. The molecule has 8 heteroatoms. The van der Waals surface area contributed by atoms with E-state index in [1.807, 2.05) is 0 Å². The van der Waals surface area contributed by atoms with E-state index in [-0.39, 0.29) is 15.7 Å². The van der Waals surface area contributed by atoms with Crippen LogP contribution in [0, 0.1) is 0 Å². The van der Waals surface area contributed by atoms with Crippen LogP contribution in [-0.2, 0) is 15.4 Å². The Bertz CT molecular complexity index is 748. The molecular formula is C13H16ClNO4S2. The lowest BCUT2D eigenvalue weighted by Gasteiger charge is -2.37. The molecule has 0 amide bonds. The van der Waals surface area contributed by atoms with Crippen LogP contribution in [0.15, 0.2) is 11.1 Å². The van der Waals surface area contributed by atoms with Gasteiger partial charge in [-0.2, -0.15) is 0 Å². The Balaban J connectivity index is 2.64. The highest BCUT2D eigenvalue weighted by atomic mass is 35.5. The fraction of sp³-hybridized carbons (Fsp3) is 0.538. The van der Waals surface area contributed by atoms with Crippen LogP contribution in [0.25, 0.3) is 0 Å². The third-order valence-electron chi connectivity index (χ3n) is 3.92. The number of aromatic carboxylic acids is 1. The minimum atomic E-state index is -3.42. The lowest BCUT2D eigenvalue weighted by molar-refractivity contribution is 0.0702. The zero-order valence-electron chi connectivity index (χ0n) is 12.1. The van der Waals surface area contributed by atoms with E-state index in [2.05, 4.69) is 4.99 Å².